The highest BCUT2D eigenvalue weighted by molar-refractivity contribution is 5.81. The van der Waals surface area contributed by atoms with Crippen LogP contribution in [-0.4, -0.2) is 25.2 Å². The van der Waals surface area contributed by atoms with Crippen LogP contribution < -0.4 is 20.5 Å². The molecule has 2 rings (SSSR count). The second-order valence-electron chi connectivity index (χ2n) is 4.45. The second kappa shape index (κ2) is 5.16. The average Bonchev–Trinajstić information content (AvgIpc) is 3.15. The smallest absolute Gasteiger partial charge is 0.260 e. The first-order valence-corrected chi connectivity index (χ1v) is 6.00. The molecule has 0 spiro atoms. The van der Waals surface area contributed by atoms with Crippen molar-refractivity contribution in [1.29, 1.82) is 0 Å². The van der Waals surface area contributed by atoms with E-state index in [1.54, 1.807) is 32.2 Å². The standard InChI is InChI=1S/C13H18N2O3/c1-8(13(16)15-9-3-4-9)18-12-7-10(17-2)5-6-11(12)14/h5-9H,3-4,14H2,1-2H3,(H,15,16). The van der Waals surface area contributed by atoms with E-state index in [0.29, 0.717) is 23.2 Å². The fraction of sp³-hybridized carbons (Fsp3) is 0.462. The highest BCUT2D eigenvalue weighted by Gasteiger charge is 2.26. The molecule has 0 heterocycles. The van der Waals surface area contributed by atoms with Crippen LogP contribution in [0.5, 0.6) is 11.5 Å². The second-order valence-corrected chi connectivity index (χ2v) is 4.45. The Balaban J connectivity index is 2.00. The molecule has 1 unspecified atom stereocenters. The molecule has 1 saturated carbocycles. The highest BCUT2D eigenvalue weighted by atomic mass is 16.5. The number of hydrogen-bond acceptors (Lipinski definition) is 4. The van der Waals surface area contributed by atoms with Crippen molar-refractivity contribution >= 4 is 11.6 Å². The van der Waals surface area contributed by atoms with E-state index in [1.165, 1.54) is 0 Å². The molecule has 0 saturated heterocycles. The van der Waals surface area contributed by atoms with Crippen LogP contribution in [0.1, 0.15) is 19.8 Å². The van der Waals surface area contributed by atoms with Gasteiger partial charge in [0.1, 0.15) is 11.5 Å². The molecule has 1 aliphatic carbocycles. The number of methoxy groups -OCH3 is 1. The maximum Gasteiger partial charge on any atom is 0.260 e. The Kier molecular flexibility index (Phi) is 3.60. The molecule has 1 atom stereocenters. The number of nitrogens with two attached hydrogens (primary N) is 1. The van der Waals surface area contributed by atoms with Gasteiger partial charge in [-0.1, -0.05) is 0 Å². The highest BCUT2D eigenvalue weighted by Crippen LogP contribution is 2.27. The first-order valence-electron chi connectivity index (χ1n) is 6.00. The van der Waals surface area contributed by atoms with Crippen molar-refractivity contribution in [2.24, 2.45) is 0 Å². The summed E-state index contributed by atoms with van der Waals surface area (Å²) in [5.74, 6) is 1.00. The fourth-order valence-corrected chi connectivity index (χ4v) is 1.53. The molecule has 5 heteroatoms. The minimum Gasteiger partial charge on any atom is -0.497 e. The maximum absolute atomic E-state index is 11.8. The third kappa shape index (κ3) is 3.06. The number of nitrogen functional groups attached to an aromatic ring is 1. The molecular formula is C13H18N2O3. The van der Waals surface area contributed by atoms with Gasteiger partial charge in [-0.3, -0.25) is 4.79 Å². The van der Waals surface area contributed by atoms with Crippen LogP contribution in [0.2, 0.25) is 0 Å². The molecule has 1 aliphatic rings. The number of hydrogen-bond donors (Lipinski definition) is 2. The summed E-state index contributed by atoms with van der Waals surface area (Å²) in [5, 5.41) is 2.89. The van der Waals surface area contributed by atoms with Crippen LogP contribution in [0.4, 0.5) is 5.69 Å². The van der Waals surface area contributed by atoms with Gasteiger partial charge in [-0.2, -0.15) is 0 Å². The number of carbonyl (C=O) groups excluding carboxylic acids is 1. The molecule has 18 heavy (non-hydrogen) atoms. The van der Waals surface area contributed by atoms with Crippen LogP contribution >= 0.6 is 0 Å². The summed E-state index contributed by atoms with van der Waals surface area (Å²) in [6, 6.07) is 5.44. The number of carbonyl (C=O) groups is 1. The number of benzene rings is 1. The largest absolute Gasteiger partial charge is 0.497 e. The third-order valence-corrected chi connectivity index (χ3v) is 2.82. The minimum absolute atomic E-state index is 0.111. The van der Waals surface area contributed by atoms with Gasteiger partial charge >= 0.3 is 0 Å². The lowest BCUT2D eigenvalue weighted by molar-refractivity contribution is -0.127. The molecule has 1 fully saturated rings. The topological polar surface area (TPSA) is 73.6 Å². The van der Waals surface area contributed by atoms with Gasteiger partial charge in [-0.15, -0.1) is 0 Å². The van der Waals surface area contributed by atoms with E-state index in [4.69, 9.17) is 15.2 Å². The minimum atomic E-state index is -0.569. The summed E-state index contributed by atoms with van der Waals surface area (Å²) >= 11 is 0. The molecule has 1 aromatic carbocycles. The Hall–Kier alpha value is -1.91. The molecule has 1 aromatic rings. The first-order chi connectivity index (χ1) is 8.60. The van der Waals surface area contributed by atoms with Crippen molar-refractivity contribution in [3.63, 3.8) is 0 Å². The van der Waals surface area contributed by atoms with Crippen LogP contribution in [0.3, 0.4) is 0 Å². The Morgan fingerprint density at radius 2 is 2.22 bits per heavy atom. The van der Waals surface area contributed by atoms with Gasteiger partial charge in [0.25, 0.3) is 5.91 Å². The third-order valence-electron chi connectivity index (χ3n) is 2.82. The van der Waals surface area contributed by atoms with E-state index in [0.717, 1.165) is 12.8 Å². The average molecular weight is 250 g/mol. The van der Waals surface area contributed by atoms with Crippen molar-refractivity contribution in [3.05, 3.63) is 18.2 Å². The van der Waals surface area contributed by atoms with Crippen molar-refractivity contribution < 1.29 is 14.3 Å². The normalized spacial score (nSPS) is 15.9. The van der Waals surface area contributed by atoms with Crippen LogP contribution in [0.25, 0.3) is 0 Å². The van der Waals surface area contributed by atoms with Gasteiger partial charge in [0.2, 0.25) is 0 Å². The number of ether oxygens (including phenoxy) is 2. The Morgan fingerprint density at radius 3 is 2.83 bits per heavy atom. The van der Waals surface area contributed by atoms with Gasteiger partial charge in [0, 0.05) is 12.1 Å². The summed E-state index contributed by atoms with van der Waals surface area (Å²) in [6.07, 6.45) is 1.54. The first kappa shape index (κ1) is 12.5. The molecule has 0 aromatic heterocycles. The zero-order valence-electron chi connectivity index (χ0n) is 10.6. The lowest BCUT2D eigenvalue weighted by atomic mass is 10.2. The Bertz CT molecular complexity index is 444. The van der Waals surface area contributed by atoms with Crippen molar-refractivity contribution in [2.75, 3.05) is 12.8 Å². The van der Waals surface area contributed by atoms with Gasteiger partial charge in [0.15, 0.2) is 6.10 Å². The van der Waals surface area contributed by atoms with E-state index in [-0.39, 0.29) is 5.91 Å². The molecule has 98 valence electrons. The number of nitrogens with one attached hydrogen (secondary N) is 1. The predicted molar refractivity (Wildman–Crippen MR) is 68.7 cm³/mol. The molecule has 0 bridgehead atoms. The van der Waals surface area contributed by atoms with E-state index in [2.05, 4.69) is 5.32 Å². The Morgan fingerprint density at radius 1 is 1.50 bits per heavy atom. The Labute approximate surface area is 106 Å². The number of rotatable bonds is 5. The lowest BCUT2D eigenvalue weighted by Gasteiger charge is -2.16. The SMILES string of the molecule is COc1ccc(N)c(OC(C)C(=O)NC2CC2)c1. The van der Waals surface area contributed by atoms with Crippen LogP contribution in [0.15, 0.2) is 18.2 Å². The van der Waals surface area contributed by atoms with E-state index in [9.17, 15) is 4.79 Å². The van der Waals surface area contributed by atoms with Crippen LogP contribution in [0, 0.1) is 0 Å². The molecule has 1 amide bonds. The van der Waals surface area contributed by atoms with Gasteiger partial charge in [0.05, 0.1) is 12.8 Å². The zero-order chi connectivity index (χ0) is 13.1. The molecule has 0 radical (unpaired) electrons. The molecule has 3 N–H and O–H groups in total. The predicted octanol–water partition coefficient (Wildman–Crippen LogP) is 1.32. The summed E-state index contributed by atoms with van der Waals surface area (Å²) < 4.78 is 10.7. The monoisotopic (exact) mass is 250 g/mol. The summed E-state index contributed by atoms with van der Waals surface area (Å²) in [6.45, 7) is 1.70. The van der Waals surface area contributed by atoms with E-state index >= 15 is 0 Å². The summed E-state index contributed by atoms with van der Waals surface area (Å²) in [5.41, 5.74) is 6.28. The van der Waals surface area contributed by atoms with Crippen molar-refractivity contribution in [1.82, 2.24) is 5.32 Å². The molecule has 5 nitrogen and oxygen atoms in total. The van der Waals surface area contributed by atoms with Crippen molar-refractivity contribution in [2.45, 2.75) is 31.9 Å². The van der Waals surface area contributed by atoms with Crippen LogP contribution in [-0.2, 0) is 4.79 Å². The van der Waals surface area contributed by atoms with E-state index in [1.807, 2.05) is 0 Å². The lowest BCUT2D eigenvalue weighted by Crippen LogP contribution is -2.37. The number of anilines is 1. The zero-order valence-corrected chi connectivity index (χ0v) is 10.6. The van der Waals surface area contributed by atoms with Crippen molar-refractivity contribution in [3.8, 4) is 11.5 Å². The molecule has 0 aliphatic heterocycles. The quantitative estimate of drug-likeness (QED) is 0.773. The summed E-state index contributed by atoms with van der Waals surface area (Å²) in [7, 11) is 1.57. The fourth-order valence-electron chi connectivity index (χ4n) is 1.53. The maximum atomic E-state index is 11.8. The van der Waals surface area contributed by atoms with Gasteiger partial charge in [-0.25, -0.2) is 0 Å². The number of amides is 1. The van der Waals surface area contributed by atoms with Gasteiger partial charge in [-0.05, 0) is 31.9 Å². The summed E-state index contributed by atoms with van der Waals surface area (Å²) in [4.78, 5) is 11.8. The van der Waals surface area contributed by atoms with E-state index < -0.39 is 6.10 Å². The molecular weight excluding hydrogens is 232 g/mol. The van der Waals surface area contributed by atoms with Gasteiger partial charge < -0.3 is 20.5 Å².